The number of aromatic nitrogens is 3. The maximum atomic E-state index is 13.2. The SMILES string of the molecule is CCNC(=NCc1nnc2n1CCC2)NCCc1ccc(F)cc1C.I. The molecule has 8 heteroatoms. The van der Waals surface area contributed by atoms with Gasteiger partial charge in [-0.25, -0.2) is 9.38 Å². The van der Waals surface area contributed by atoms with E-state index in [4.69, 9.17) is 0 Å². The lowest BCUT2D eigenvalue weighted by atomic mass is 10.1. The van der Waals surface area contributed by atoms with E-state index in [0.29, 0.717) is 6.54 Å². The number of hydrogen-bond acceptors (Lipinski definition) is 3. The molecule has 0 unspecified atom stereocenters. The van der Waals surface area contributed by atoms with E-state index in [1.54, 1.807) is 6.07 Å². The van der Waals surface area contributed by atoms with Crippen molar-refractivity contribution in [2.45, 2.75) is 46.2 Å². The Kier molecular flexibility index (Phi) is 7.80. The van der Waals surface area contributed by atoms with Crippen LogP contribution in [0.2, 0.25) is 0 Å². The first-order valence-electron chi connectivity index (χ1n) is 8.85. The van der Waals surface area contributed by atoms with Gasteiger partial charge in [-0.05, 0) is 49.9 Å². The van der Waals surface area contributed by atoms with Gasteiger partial charge in [0.05, 0.1) is 0 Å². The third-order valence-corrected chi connectivity index (χ3v) is 4.40. The van der Waals surface area contributed by atoms with Crippen molar-refractivity contribution in [3.8, 4) is 0 Å². The van der Waals surface area contributed by atoms with Crippen LogP contribution in [0.3, 0.4) is 0 Å². The number of fused-ring (bicyclic) bond motifs is 1. The smallest absolute Gasteiger partial charge is 0.191 e. The van der Waals surface area contributed by atoms with Crippen LogP contribution in [0.25, 0.3) is 0 Å². The molecule has 2 aromatic rings. The lowest BCUT2D eigenvalue weighted by Crippen LogP contribution is -2.38. The van der Waals surface area contributed by atoms with Gasteiger partial charge in [0.1, 0.15) is 18.2 Å². The monoisotopic (exact) mass is 472 g/mol. The van der Waals surface area contributed by atoms with Gasteiger partial charge in [0.15, 0.2) is 11.8 Å². The fourth-order valence-corrected chi connectivity index (χ4v) is 3.07. The van der Waals surface area contributed by atoms with Crippen molar-refractivity contribution in [3.63, 3.8) is 0 Å². The van der Waals surface area contributed by atoms with Gasteiger partial charge in [-0.1, -0.05) is 6.07 Å². The van der Waals surface area contributed by atoms with Crippen molar-refractivity contribution >= 4 is 29.9 Å². The standard InChI is InChI=1S/C18H25FN6.HI/c1-3-20-18(21-9-8-14-6-7-15(19)11-13(14)2)22-12-17-24-23-16-5-4-10-25(16)17;/h6-7,11H,3-5,8-10,12H2,1-2H3,(H2,20,21,22);1H. The molecule has 6 nitrogen and oxygen atoms in total. The van der Waals surface area contributed by atoms with Gasteiger partial charge < -0.3 is 15.2 Å². The highest BCUT2D eigenvalue weighted by Crippen LogP contribution is 2.14. The molecule has 1 aliphatic heterocycles. The van der Waals surface area contributed by atoms with Crippen LogP contribution in [0.4, 0.5) is 4.39 Å². The largest absolute Gasteiger partial charge is 0.357 e. The summed E-state index contributed by atoms with van der Waals surface area (Å²) in [6.07, 6.45) is 2.96. The van der Waals surface area contributed by atoms with Crippen molar-refractivity contribution in [1.29, 1.82) is 0 Å². The Morgan fingerprint density at radius 3 is 2.92 bits per heavy atom. The molecule has 2 N–H and O–H groups in total. The average Bonchev–Trinajstić information content (AvgIpc) is 3.18. The van der Waals surface area contributed by atoms with Crippen molar-refractivity contribution in [2.24, 2.45) is 4.99 Å². The fourth-order valence-electron chi connectivity index (χ4n) is 3.07. The number of halogens is 2. The number of rotatable bonds is 6. The van der Waals surface area contributed by atoms with Crippen LogP contribution in [0.1, 0.15) is 36.1 Å². The number of nitrogens with zero attached hydrogens (tertiary/aromatic N) is 4. The molecule has 0 aliphatic carbocycles. The Morgan fingerprint density at radius 1 is 1.31 bits per heavy atom. The van der Waals surface area contributed by atoms with Crippen molar-refractivity contribution in [1.82, 2.24) is 25.4 Å². The first kappa shape index (κ1) is 20.6. The zero-order chi connectivity index (χ0) is 17.6. The molecule has 142 valence electrons. The molecule has 0 saturated carbocycles. The number of aliphatic imine (C=N–C) groups is 1. The van der Waals surface area contributed by atoms with E-state index in [0.717, 1.165) is 67.6 Å². The molecule has 0 saturated heterocycles. The normalized spacial score (nSPS) is 13.3. The Balaban J connectivity index is 0.00000243. The number of guanidine groups is 1. The van der Waals surface area contributed by atoms with Crippen LogP contribution in [0.5, 0.6) is 0 Å². The summed E-state index contributed by atoms with van der Waals surface area (Å²) in [7, 11) is 0. The van der Waals surface area contributed by atoms with E-state index in [2.05, 4.69) is 30.4 Å². The Hall–Kier alpha value is -1.71. The maximum absolute atomic E-state index is 13.2. The average molecular weight is 472 g/mol. The molecule has 1 aromatic heterocycles. The summed E-state index contributed by atoms with van der Waals surface area (Å²) in [6.45, 7) is 6.99. The number of benzene rings is 1. The predicted octanol–water partition coefficient (Wildman–Crippen LogP) is 2.59. The molecule has 0 spiro atoms. The van der Waals surface area contributed by atoms with Crippen LogP contribution in [-0.2, 0) is 25.9 Å². The molecule has 3 rings (SSSR count). The number of aryl methyl sites for hydroxylation is 2. The summed E-state index contributed by atoms with van der Waals surface area (Å²) in [5, 5.41) is 15.0. The van der Waals surface area contributed by atoms with Crippen LogP contribution in [0.15, 0.2) is 23.2 Å². The molecule has 0 fully saturated rings. The predicted molar refractivity (Wildman–Crippen MR) is 111 cm³/mol. The zero-order valence-corrected chi connectivity index (χ0v) is 17.6. The molecule has 0 amide bonds. The van der Waals surface area contributed by atoms with E-state index < -0.39 is 0 Å². The quantitative estimate of drug-likeness (QED) is 0.386. The van der Waals surface area contributed by atoms with E-state index in [-0.39, 0.29) is 29.8 Å². The Labute approximate surface area is 170 Å². The molecule has 2 heterocycles. The highest BCUT2D eigenvalue weighted by molar-refractivity contribution is 14.0. The van der Waals surface area contributed by atoms with Gasteiger partial charge in [-0.2, -0.15) is 0 Å². The van der Waals surface area contributed by atoms with E-state index in [9.17, 15) is 4.39 Å². The summed E-state index contributed by atoms with van der Waals surface area (Å²) >= 11 is 0. The zero-order valence-electron chi connectivity index (χ0n) is 15.3. The number of nitrogens with one attached hydrogen (secondary N) is 2. The van der Waals surface area contributed by atoms with Gasteiger partial charge in [0.2, 0.25) is 0 Å². The van der Waals surface area contributed by atoms with Gasteiger partial charge in [0.25, 0.3) is 0 Å². The minimum atomic E-state index is -0.190. The molecule has 26 heavy (non-hydrogen) atoms. The minimum absolute atomic E-state index is 0. The van der Waals surface area contributed by atoms with Gasteiger partial charge in [0, 0.05) is 26.1 Å². The van der Waals surface area contributed by atoms with Gasteiger partial charge in [-0.3, -0.25) is 0 Å². The minimum Gasteiger partial charge on any atom is -0.357 e. The summed E-state index contributed by atoms with van der Waals surface area (Å²) in [4.78, 5) is 4.61. The highest BCUT2D eigenvalue weighted by atomic mass is 127. The molecule has 1 aliphatic rings. The molecular formula is C18H26FIN6. The first-order valence-corrected chi connectivity index (χ1v) is 8.85. The van der Waals surface area contributed by atoms with Crippen LogP contribution >= 0.6 is 24.0 Å². The van der Waals surface area contributed by atoms with Crippen LogP contribution in [0, 0.1) is 12.7 Å². The van der Waals surface area contributed by atoms with E-state index in [1.165, 1.54) is 6.07 Å². The molecule has 0 atom stereocenters. The topological polar surface area (TPSA) is 67.1 Å². The Bertz CT molecular complexity index is 758. The number of hydrogen-bond donors (Lipinski definition) is 2. The van der Waals surface area contributed by atoms with Crippen molar-refractivity contribution in [2.75, 3.05) is 13.1 Å². The summed E-state index contributed by atoms with van der Waals surface area (Å²) in [5.41, 5.74) is 2.11. The first-order chi connectivity index (χ1) is 12.2. The Morgan fingerprint density at radius 2 is 2.15 bits per heavy atom. The fraction of sp³-hybridized carbons (Fsp3) is 0.500. The van der Waals surface area contributed by atoms with Gasteiger partial charge >= 0.3 is 0 Å². The third-order valence-electron chi connectivity index (χ3n) is 4.40. The summed E-state index contributed by atoms with van der Waals surface area (Å²) in [5.74, 6) is 2.55. The second-order valence-electron chi connectivity index (χ2n) is 6.23. The van der Waals surface area contributed by atoms with Crippen LogP contribution in [-0.4, -0.2) is 33.8 Å². The van der Waals surface area contributed by atoms with Crippen LogP contribution < -0.4 is 10.6 Å². The lowest BCUT2D eigenvalue weighted by Gasteiger charge is -2.12. The summed E-state index contributed by atoms with van der Waals surface area (Å²) in [6, 6.07) is 4.92. The molecule has 0 radical (unpaired) electrons. The van der Waals surface area contributed by atoms with Gasteiger partial charge in [-0.15, -0.1) is 34.2 Å². The third kappa shape index (κ3) is 5.15. The molecule has 0 bridgehead atoms. The lowest BCUT2D eigenvalue weighted by molar-refractivity contribution is 0.625. The summed E-state index contributed by atoms with van der Waals surface area (Å²) < 4.78 is 15.3. The molecule has 1 aromatic carbocycles. The second-order valence-corrected chi connectivity index (χ2v) is 6.23. The van der Waals surface area contributed by atoms with E-state index in [1.807, 2.05) is 19.9 Å². The highest BCUT2D eigenvalue weighted by Gasteiger charge is 2.16. The molecular weight excluding hydrogens is 446 g/mol. The van der Waals surface area contributed by atoms with Crippen molar-refractivity contribution < 1.29 is 4.39 Å². The van der Waals surface area contributed by atoms with E-state index >= 15 is 0 Å². The van der Waals surface area contributed by atoms with Crippen molar-refractivity contribution in [3.05, 3.63) is 46.8 Å². The maximum Gasteiger partial charge on any atom is 0.191 e. The second kappa shape index (κ2) is 9.84.